The van der Waals surface area contributed by atoms with Crippen LogP contribution in [0.1, 0.15) is 25.7 Å². The van der Waals surface area contributed by atoms with Gasteiger partial charge in [-0.1, -0.05) is 18.6 Å². The number of para-hydroxylation sites is 1. The fourth-order valence-electron chi connectivity index (χ4n) is 2.59. The van der Waals surface area contributed by atoms with Gasteiger partial charge in [-0.25, -0.2) is 0 Å². The van der Waals surface area contributed by atoms with Gasteiger partial charge < -0.3 is 9.64 Å². The molecule has 0 radical (unpaired) electrons. The lowest BCUT2D eigenvalue weighted by Gasteiger charge is -2.32. The first-order valence-corrected chi connectivity index (χ1v) is 7.95. The standard InChI is InChI=1S/C15H20F3NOS/c1-19-10-5-4-6-12(19)9-11-20-13-7-2-3-8-14(13)21-15(16,17)18/h2-3,7-8,12H,4-6,9-11H2,1H3. The average Bonchev–Trinajstić information content (AvgIpc) is 2.41. The van der Waals surface area contributed by atoms with Gasteiger partial charge in [0, 0.05) is 6.04 Å². The summed E-state index contributed by atoms with van der Waals surface area (Å²) in [5, 5.41) is 0. The minimum Gasteiger partial charge on any atom is -0.492 e. The van der Waals surface area contributed by atoms with E-state index in [1.807, 2.05) is 0 Å². The van der Waals surface area contributed by atoms with Crippen LogP contribution in [0.5, 0.6) is 5.75 Å². The second-order valence-corrected chi connectivity index (χ2v) is 6.37. The molecule has 1 aliphatic heterocycles. The molecule has 1 aliphatic rings. The molecule has 0 aliphatic carbocycles. The van der Waals surface area contributed by atoms with Crippen molar-refractivity contribution in [2.24, 2.45) is 0 Å². The van der Waals surface area contributed by atoms with Crippen molar-refractivity contribution in [3.05, 3.63) is 24.3 Å². The largest absolute Gasteiger partial charge is 0.492 e. The molecule has 0 amide bonds. The van der Waals surface area contributed by atoms with E-state index in [4.69, 9.17) is 4.74 Å². The number of halogens is 3. The summed E-state index contributed by atoms with van der Waals surface area (Å²) >= 11 is -0.121. The van der Waals surface area contributed by atoms with Gasteiger partial charge in [0.05, 0.1) is 11.5 Å². The van der Waals surface area contributed by atoms with Gasteiger partial charge in [0.1, 0.15) is 5.75 Å². The van der Waals surface area contributed by atoms with Crippen molar-refractivity contribution >= 4 is 11.8 Å². The minimum absolute atomic E-state index is 0.121. The predicted octanol–water partition coefficient (Wildman–Crippen LogP) is 4.55. The summed E-state index contributed by atoms with van der Waals surface area (Å²) in [4.78, 5) is 2.44. The molecule has 0 bridgehead atoms. The van der Waals surface area contributed by atoms with Gasteiger partial charge in [0.15, 0.2) is 0 Å². The van der Waals surface area contributed by atoms with Crippen LogP contribution in [-0.2, 0) is 0 Å². The molecule has 2 rings (SSSR count). The third kappa shape index (κ3) is 5.43. The van der Waals surface area contributed by atoms with Gasteiger partial charge in [-0.2, -0.15) is 13.2 Å². The molecule has 1 heterocycles. The van der Waals surface area contributed by atoms with E-state index in [9.17, 15) is 13.2 Å². The van der Waals surface area contributed by atoms with Crippen LogP contribution in [0, 0.1) is 0 Å². The second-order valence-electron chi connectivity index (χ2n) is 5.26. The molecule has 1 atom stereocenters. The van der Waals surface area contributed by atoms with Crippen molar-refractivity contribution < 1.29 is 17.9 Å². The molecule has 1 aromatic carbocycles. The number of ether oxygens (including phenoxy) is 1. The van der Waals surface area contributed by atoms with Crippen LogP contribution in [0.25, 0.3) is 0 Å². The van der Waals surface area contributed by atoms with Crippen molar-refractivity contribution in [3.8, 4) is 5.75 Å². The Hall–Kier alpha value is -0.880. The van der Waals surface area contributed by atoms with E-state index in [1.165, 1.54) is 18.9 Å². The average molecular weight is 319 g/mol. The Morgan fingerprint density at radius 3 is 2.76 bits per heavy atom. The molecule has 21 heavy (non-hydrogen) atoms. The Morgan fingerprint density at radius 2 is 2.05 bits per heavy atom. The van der Waals surface area contributed by atoms with Gasteiger partial charge in [0.2, 0.25) is 0 Å². The van der Waals surface area contributed by atoms with Gasteiger partial charge in [-0.15, -0.1) is 0 Å². The first-order chi connectivity index (χ1) is 9.96. The molecule has 1 aromatic rings. The molecular formula is C15H20F3NOS. The zero-order chi connectivity index (χ0) is 15.3. The van der Waals surface area contributed by atoms with Crippen molar-refractivity contribution in [2.75, 3.05) is 20.2 Å². The molecule has 0 spiro atoms. The van der Waals surface area contributed by atoms with Gasteiger partial charge >= 0.3 is 5.51 Å². The zero-order valence-corrected chi connectivity index (χ0v) is 12.8. The molecule has 1 unspecified atom stereocenters. The third-order valence-electron chi connectivity index (χ3n) is 3.70. The first kappa shape index (κ1) is 16.5. The smallest absolute Gasteiger partial charge is 0.446 e. The Balaban J connectivity index is 1.88. The molecular weight excluding hydrogens is 299 g/mol. The maximum Gasteiger partial charge on any atom is 0.446 e. The number of thioether (sulfide) groups is 1. The van der Waals surface area contributed by atoms with Gasteiger partial charge in [0.25, 0.3) is 0 Å². The topological polar surface area (TPSA) is 12.5 Å². The number of alkyl halides is 3. The molecule has 0 aromatic heterocycles. The van der Waals surface area contributed by atoms with Gasteiger partial charge in [-0.05, 0) is 56.7 Å². The van der Waals surface area contributed by atoms with Crippen molar-refractivity contribution in [1.29, 1.82) is 0 Å². The Labute approximate surface area is 127 Å². The molecule has 2 nitrogen and oxygen atoms in total. The van der Waals surface area contributed by atoms with Crippen LogP contribution >= 0.6 is 11.8 Å². The van der Waals surface area contributed by atoms with Crippen LogP contribution in [0.3, 0.4) is 0 Å². The molecule has 118 valence electrons. The fraction of sp³-hybridized carbons (Fsp3) is 0.600. The van der Waals surface area contributed by atoms with Crippen LogP contribution in [0.15, 0.2) is 29.2 Å². The lowest BCUT2D eigenvalue weighted by atomic mass is 10.0. The number of rotatable bonds is 5. The first-order valence-electron chi connectivity index (χ1n) is 7.13. The van der Waals surface area contributed by atoms with Crippen molar-refractivity contribution in [3.63, 3.8) is 0 Å². The van der Waals surface area contributed by atoms with Crippen molar-refractivity contribution in [2.45, 2.75) is 42.1 Å². The molecule has 1 saturated heterocycles. The third-order valence-corrected chi connectivity index (χ3v) is 4.49. The van der Waals surface area contributed by atoms with Crippen LogP contribution in [0.4, 0.5) is 13.2 Å². The fourth-order valence-corrected chi connectivity index (χ4v) is 3.22. The lowest BCUT2D eigenvalue weighted by molar-refractivity contribution is -0.0329. The van der Waals surface area contributed by atoms with E-state index in [2.05, 4.69) is 11.9 Å². The monoisotopic (exact) mass is 319 g/mol. The van der Waals surface area contributed by atoms with Crippen LogP contribution in [0.2, 0.25) is 0 Å². The molecule has 6 heteroatoms. The van der Waals surface area contributed by atoms with Crippen LogP contribution in [-0.4, -0.2) is 36.6 Å². The number of benzene rings is 1. The van der Waals surface area contributed by atoms with Gasteiger partial charge in [-0.3, -0.25) is 0 Å². The summed E-state index contributed by atoms with van der Waals surface area (Å²) in [5.74, 6) is 0.318. The highest BCUT2D eigenvalue weighted by Gasteiger charge is 2.30. The summed E-state index contributed by atoms with van der Waals surface area (Å²) in [6, 6.07) is 6.80. The van der Waals surface area contributed by atoms with Crippen molar-refractivity contribution in [1.82, 2.24) is 4.90 Å². The summed E-state index contributed by atoms with van der Waals surface area (Å²) in [5.41, 5.74) is -4.29. The second kappa shape index (κ2) is 7.40. The van der Waals surface area contributed by atoms with E-state index in [0.29, 0.717) is 18.4 Å². The highest BCUT2D eigenvalue weighted by Crippen LogP contribution is 2.41. The van der Waals surface area contributed by atoms with E-state index in [-0.39, 0.29) is 16.7 Å². The number of likely N-dealkylation sites (tertiary alicyclic amines) is 1. The summed E-state index contributed by atoms with van der Waals surface area (Å²) < 4.78 is 43.0. The summed E-state index contributed by atoms with van der Waals surface area (Å²) in [7, 11) is 2.09. The lowest BCUT2D eigenvalue weighted by Crippen LogP contribution is -2.37. The number of hydrogen-bond donors (Lipinski definition) is 0. The summed E-state index contributed by atoms with van der Waals surface area (Å²) in [6.45, 7) is 1.54. The highest BCUT2D eigenvalue weighted by atomic mass is 32.2. The highest BCUT2D eigenvalue weighted by molar-refractivity contribution is 8.00. The maximum absolute atomic E-state index is 12.5. The number of piperidine rings is 1. The molecule has 0 N–H and O–H groups in total. The normalized spacial score (nSPS) is 20.5. The number of hydrogen-bond acceptors (Lipinski definition) is 3. The predicted molar refractivity (Wildman–Crippen MR) is 78.7 cm³/mol. The Kier molecular flexibility index (Phi) is 5.81. The van der Waals surface area contributed by atoms with E-state index >= 15 is 0 Å². The van der Waals surface area contributed by atoms with E-state index in [0.717, 1.165) is 19.4 Å². The maximum atomic E-state index is 12.5. The van der Waals surface area contributed by atoms with E-state index in [1.54, 1.807) is 18.2 Å². The number of nitrogens with zero attached hydrogens (tertiary/aromatic N) is 1. The molecule has 0 saturated carbocycles. The summed E-state index contributed by atoms with van der Waals surface area (Å²) in [6.07, 6.45) is 4.43. The minimum atomic E-state index is -4.29. The Bertz CT molecular complexity index is 453. The molecule has 1 fully saturated rings. The van der Waals surface area contributed by atoms with E-state index < -0.39 is 5.51 Å². The quantitative estimate of drug-likeness (QED) is 0.739. The zero-order valence-electron chi connectivity index (χ0n) is 12.0. The Morgan fingerprint density at radius 1 is 1.29 bits per heavy atom. The SMILES string of the molecule is CN1CCCCC1CCOc1ccccc1SC(F)(F)F. The van der Waals surface area contributed by atoms with Crippen LogP contribution < -0.4 is 4.74 Å².